The van der Waals surface area contributed by atoms with E-state index in [1.165, 1.54) is 0 Å². The molecule has 0 aromatic heterocycles. The number of hydrogen-bond acceptors (Lipinski definition) is 3. The van der Waals surface area contributed by atoms with Crippen molar-refractivity contribution < 1.29 is 9.59 Å². The minimum Gasteiger partial charge on any atom is -0.347 e. The van der Waals surface area contributed by atoms with Crippen molar-refractivity contribution in [3.63, 3.8) is 0 Å². The van der Waals surface area contributed by atoms with E-state index in [4.69, 9.17) is 0 Å². The molecule has 7 heteroatoms. The Hall–Kier alpha value is -1.11. The number of carbonyl (C=O) groups is 2. The number of benzene rings is 1. The summed E-state index contributed by atoms with van der Waals surface area (Å²) < 4.78 is 0.997. The summed E-state index contributed by atoms with van der Waals surface area (Å²) in [4.78, 5) is 23.2. The molecule has 1 aliphatic heterocycles. The van der Waals surface area contributed by atoms with Gasteiger partial charge in [0.15, 0.2) is 0 Å². The first-order valence-corrected chi connectivity index (χ1v) is 6.90. The molecule has 110 valence electrons. The molecular weight excluding hydrogens is 346 g/mol. The molecule has 1 aromatic carbocycles. The van der Waals surface area contributed by atoms with Gasteiger partial charge in [0.2, 0.25) is 11.8 Å². The van der Waals surface area contributed by atoms with Crippen molar-refractivity contribution in [3.05, 3.63) is 28.2 Å². The lowest BCUT2D eigenvalue weighted by Crippen LogP contribution is -2.51. The summed E-state index contributed by atoms with van der Waals surface area (Å²) in [7, 11) is 0. The van der Waals surface area contributed by atoms with Gasteiger partial charge in [-0.05, 0) is 30.7 Å². The molecule has 0 spiro atoms. The van der Waals surface area contributed by atoms with Crippen LogP contribution in [-0.2, 0) is 9.59 Å². The van der Waals surface area contributed by atoms with Crippen LogP contribution in [0.2, 0.25) is 0 Å². The van der Waals surface area contributed by atoms with Gasteiger partial charge in [-0.3, -0.25) is 9.59 Å². The molecule has 5 nitrogen and oxygen atoms in total. The van der Waals surface area contributed by atoms with E-state index in [1.54, 1.807) is 0 Å². The number of hydrogen-bond donors (Lipinski definition) is 3. The van der Waals surface area contributed by atoms with Crippen LogP contribution < -0.4 is 16.0 Å². The average Bonchev–Trinajstić information content (AvgIpc) is 2.29. The third-order valence-corrected chi connectivity index (χ3v) is 3.91. The molecule has 1 aliphatic rings. The van der Waals surface area contributed by atoms with Crippen LogP contribution in [0, 0.1) is 12.8 Å². The molecule has 0 saturated carbocycles. The third kappa shape index (κ3) is 4.47. The number of rotatable bonds is 4. The molecule has 20 heavy (non-hydrogen) atoms. The van der Waals surface area contributed by atoms with Gasteiger partial charge in [-0.15, -0.1) is 12.4 Å². The SMILES string of the molecule is Cc1cc(NC(=O)CNC(=O)C2CNC2)ccc1Br.Cl. The summed E-state index contributed by atoms with van der Waals surface area (Å²) in [5.74, 6) is -0.286. The molecule has 0 radical (unpaired) electrons. The van der Waals surface area contributed by atoms with Crippen LogP contribution in [0.15, 0.2) is 22.7 Å². The summed E-state index contributed by atoms with van der Waals surface area (Å²) in [5, 5.41) is 8.40. The highest BCUT2D eigenvalue weighted by molar-refractivity contribution is 9.10. The lowest BCUT2D eigenvalue weighted by Gasteiger charge is -2.25. The fraction of sp³-hybridized carbons (Fsp3) is 0.385. The second-order valence-corrected chi connectivity index (χ2v) is 5.44. The van der Waals surface area contributed by atoms with Crippen LogP contribution in [0.3, 0.4) is 0 Å². The lowest BCUT2D eigenvalue weighted by atomic mass is 10.0. The average molecular weight is 363 g/mol. The molecule has 2 rings (SSSR count). The number of nitrogens with one attached hydrogen (secondary N) is 3. The molecule has 1 heterocycles. The van der Waals surface area contributed by atoms with E-state index in [0.29, 0.717) is 13.1 Å². The van der Waals surface area contributed by atoms with Crippen molar-refractivity contribution in [2.75, 3.05) is 25.0 Å². The first-order valence-electron chi connectivity index (χ1n) is 6.10. The van der Waals surface area contributed by atoms with Gasteiger partial charge >= 0.3 is 0 Å². The van der Waals surface area contributed by atoms with E-state index in [9.17, 15) is 9.59 Å². The van der Waals surface area contributed by atoms with Crippen LogP contribution in [-0.4, -0.2) is 31.4 Å². The summed E-state index contributed by atoms with van der Waals surface area (Å²) in [6.07, 6.45) is 0. The number of aryl methyl sites for hydroxylation is 1. The van der Waals surface area contributed by atoms with E-state index >= 15 is 0 Å². The Morgan fingerprint density at radius 2 is 2.10 bits per heavy atom. The standard InChI is InChI=1S/C13H16BrN3O2.ClH/c1-8-4-10(2-3-11(8)14)17-12(18)7-16-13(19)9-5-15-6-9;/h2-4,9,15H,5-7H2,1H3,(H,16,19)(H,17,18);1H. The Balaban J connectivity index is 0.00000200. The van der Waals surface area contributed by atoms with Gasteiger partial charge in [0, 0.05) is 23.2 Å². The highest BCUT2D eigenvalue weighted by Gasteiger charge is 2.24. The maximum Gasteiger partial charge on any atom is 0.243 e. The zero-order valence-corrected chi connectivity index (χ0v) is 13.4. The van der Waals surface area contributed by atoms with Gasteiger partial charge in [0.25, 0.3) is 0 Å². The Bertz CT molecular complexity index is 506. The van der Waals surface area contributed by atoms with E-state index < -0.39 is 0 Å². The Morgan fingerprint density at radius 3 is 2.65 bits per heavy atom. The van der Waals surface area contributed by atoms with Gasteiger partial charge in [0.05, 0.1) is 12.5 Å². The van der Waals surface area contributed by atoms with Gasteiger partial charge in [0.1, 0.15) is 0 Å². The molecule has 1 aromatic rings. The fourth-order valence-electron chi connectivity index (χ4n) is 1.71. The van der Waals surface area contributed by atoms with Gasteiger partial charge in [-0.25, -0.2) is 0 Å². The highest BCUT2D eigenvalue weighted by atomic mass is 79.9. The molecule has 1 fully saturated rings. The fourth-order valence-corrected chi connectivity index (χ4v) is 1.96. The first-order chi connectivity index (χ1) is 9.06. The number of amides is 2. The van der Waals surface area contributed by atoms with Crippen LogP contribution in [0.4, 0.5) is 5.69 Å². The van der Waals surface area contributed by atoms with Crippen molar-refractivity contribution >= 4 is 45.8 Å². The predicted octanol–water partition coefficient (Wildman–Crippen LogP) is 1.45. The molecule has 1 saturated heterocycles. The predicted molar refractivity (Wildman–Crippen MR) is 84.1 cm³/mol. The third-order valence-electron chi connectivity index (χ3n) is 3.02. The van der Waals surface area contributed by atoms with Gasteiger partial charge in [-0.1, -0.05) is 15.9 Å². The van der Waals surface area contributed by atoms with Crippen LogP contribution in [0.1, 0.15) is 5.56 Å². The first kappa shape index (κ1) is 16.9. The van der Waals surface area contributed by atoms with Crippen molar-refractivity contribution in [1.82, 2.24) is 10.6 Å². The number of carbonyl (C=O) groups excluding carboxylic acids is 2. The minimum absolute atomic E-state index is 0. The molecule has 3 N–H and O–H groups in total. The summed E-state index contributed by atoms with van der Waals surface area (Å²) >= 11 is 3.40. The maximum atomic E-state index is 11.7. The topological polar surface area (TPSA) is 70.2 Å². The van der Waals surface area contributed by atoms with Gasteiger partial charge < -0.3 is 16.0 Å². The van der Waals surface area contributed by atoms with E-state index in [2.05, 4.69) is 31.9 Å². The normalized spacial score (nSPS) is 13.9. The van der Waals surface area contributed by atoms with E-state index in [1.807, 2.05) is 25.1 Å². The maximum absolute atomic E-state index is 11.7. The van der Waals surface area contributed by atoms with Crippen LogP contribution in [0.25, 0.3) is 0 Å². The van der Waals surface area contributed by atoms with E-state index in [-0.39, 0.29) is 36.7 Å². The zero-order chi connectivity index (χ0) is 13.8. The summed E-state index contributed by atoms with van der Waals surface area (Å²) in [5.41, 5.74) is 1.77. The number of anilines is 1. The zero-order valence-electron chi connectivity index (χ0n) is 11.0. The smallest absolute Gasteiger partial charge is 0.243 e. The van der Waals surface area contributed by atoms with Crippen LogP contribution >= 0.6 is 28.3 Å². The van der Waals surface area contributed by atoms with Crippen molar-refractivity contribution in [1.29, 1.82) is 0 Å². The molecular formula is C13H17BrClN3O2. The van der Waals surface area contributed by atoms with Crippen molar-refractivity contribution in [2.24, 2.45) is 5.92 Å². The van der Waals surface area contributed by atoms with E-state index in [0.717, 1.165) is 15.7 Å². The van der Waals surface area contributed by atoms with Gasteiger partial charge in [-0.2, -0.15) is 0 Å². The second-order valence-electron chi connectivity index (χ2n) is 4.59. The molecule has 2 amide bonds. The Morgan fingerprint density at radius 1 is 1.40 bits per heavy atom. The summed E-state index contributed by atoms with van der Waals surface area (Å²) in [6, 6.07) is 5.57. The largest absolute Gasteiger partial charge is 0.347 e. The monoisotopic (exact) mass is 361 g/mol. The van der Waals surface area contributed by atoms with Crippen LogP contribution in [0.5, 0.6) is 0 Å². The van der Waals surface area contributed by atoms with Crippen molar-refractivity contribution in [3.8, 4) is 0 Å². The minimum atomic E-state index is -0.220. The molecule has 0 atom stereocenters. The second kappa shape index (κ2) is 7.61. The molecule has 0 unspecified atom stereocenters. The van der Waals surface area contributed by atoms with Crippen molar-refractivity contribution in [2.45, 2.75) is 6.92 Å². The Kier molecular flexibility index (Phi) is 6.45. The Labute approximate surface area is 132 Å². The lowest BCUT2D eigenvalue weighted by molar-refractivity contribution is -0.128. The quantitative estimate of drug-likeness (QED) is 0.759. The molecule has 0 aliphatic carbocycles. The summed E-state index contributed by atoms with van der Waals surface area (Å²) in [6.45, 7) is 3.34. The highest BCUT2D eigenvalue weighted by Crippen LogP contribution is 2.19. The molecule has 0 bridgehead atoms. The number of halogens is 2.